The van der Waals surface area contributed by atoms with E-state index < -0.39 is 0 Å². The summed E-state index contributed by atoms with van der Waals surface area (Å²) in [4.78, 5) is 0. The standard InChI is InChI=1S/C17H21NO3/c1-12(13-8-9-16(19)17(10-13)21-3)18-15-7-5-4-6-14(15)11-20-2/h4-10,12,18-19H,11H2,1-3H3. The predicted molar refractivity (Wildman–Crippen MR) is 83.9 cm³/mol. The summed E-state index contributed by atoms with van der Waals surface area (Å²) in [6, 6.07) is 13.5. The summed E-state index contributed by atoms with van der Waals surface area (Å²) >= 11 is 0. The predicted octanol–water partition coefficient (Wildman–Crippen LogP) is 3.72. The van der Waals surface area contributed by atoms with Gasteiger partial charge in [-0.2, -0.15) is 0 Å². The second kappa shape index (κ2) is 6.99. The van der Waals surface area contributed by atoms with E-state index in [-0.39, 0.29) is 11.8 Å². The van der Waals surface area contributed by atoms with Crippen LogP contribution in [0.3, 0.4) is 0 Å². The first-order valence-electron chi connectivity index (χ1n) is 6.86. The summed E-state index contributed by atoms with van der Waals surface area (Å²) < 4.78 is 10.4. The van der Waals surface area contributed by atoms with Crippen LogP contribution in [0.25, 0.3) is 0 Å². The minimum atomic E-state index is 0.0810. The summed E-state index contributed by atoms with van der Waals surface area (Å²) in [6.45, 7) is 2.63. The van der Waals surface area contributed by atoms with Crippen molar-refractivity contribution in [2.75, 3.05) is 19.5 Å². The highest BCUT2D eigenvalue weighted by Crippen LogP contribution is 2.30. The van der Waals surface area contributed by atoms with E-state index in [1.807, 2.05) is 36.4 Å². The first-order valence-corrected chi connectivity index (χ1v) is 6.86. The zero-order chi connectivity index (χ0) is 15.2. The topological polar surface area (TPSA) is 50.7 Å². The molecule has 0 radical (unpaired) electrons. The molecule has 4 heteroatoms. The Kier molecular flexibility index (Phi) is 5.06. The summed E-state index contributed by atoms with van der Waals surface area (Å²) in [5, 5.41) is 13.1. The summed E-state index contributed by atoms with van der Waals surface area (Å²) in [7, 11) is 3.23. The number of benzene rings is 2. The number of hydrogen-bond acceptors (Lipinski definition) is 4. The number of methoxy groups -OCH3 is 2. The van der Waals surface area contributed by atoms with E-state index in [0.29, 0.717) is 12.4 Å². The molecule has 0 saturated carbocycles. The minimum Gasteiger partial charge on any atom is -0.504 e. The van der Waals surface area contributed by atoms with Crippen molar-refractivity contribution in [3.05, 3.63) is 53.6 Å². The fraction of sp³-hybridized carbons (Fsp3) is 0.294. The van der Waals surface area contributed by atoms with Gasteiger partial charge in [-0.15, -0.1) is 0 Å². The first kappa shape index (κ1) is 15.2. The molecule has 112 valence electrons. The molecule has 1 atom stereocenters. The smallest absolute Gasteiger partial charge is 0.160 e. The van der Waals surface area contributed by atoms with Gasteiger partial charge in [0, 0.05) is 24.4 Å². The van der Waals surface area contributed by atoms with Crippen molar-refractivity contribution in [3.63, 3.8) is 0 Å². The maximum Gasteiger partial charge on any atom is 0.160 e. The monoisotopic (exact) mass is 287 g/mol. The van der Waals surface area contributed by atoms with Gasteiger partial charge in [-0.25, -0.2) is 0 Å². The number of hydrogen-bond donors (Lipinski definition) is 2. The van der Waals surface area contributed by atoms with E-state index in [1.54, 1.807) is 20.3 Å². The zero-order valence-electron chi connectivity index (χ0n) is 12.6. The van der Waals surface area contributed by atoms with Crippen LogP contribution in [0.2, 0.25) is 0 Å². The Bertz CT molecular complexity index is 598. The lowest BCUT2D eigenvalue weighted by molar-refractivity contribution is 0.185. The Morgan fingerprint density at radius 2 is 1.90 bits per heavy atom. The Hall–Kier alpha value is -2.20. The van der Waals surface area contributed by atoms with Crippen LogP contribution in [-0.4, -0.2) is 19.3 Å². The van der Waals surface area contributed by atoms with Gasteiger partial charge in [0.25, 0.3) is 0 Å². The third kappa shape index (κ3) is 3.67. The Morgan fingerprint density at radius 3 is 2.62 bits per heavy atom. The Balaban J connectivity index is 2.20. The number of nitrogens with one attached hydrogen (secondary N) is 1. The van der Waals surface area contributed by atoms with Crippen LogP contribution >= 0.6 is 0 Å². The van der Waals surface area contributed by atoms with Crippen molar-refractivity contribution in [3.8, 4) is 11.5 Å². The molecule has 0 aliphatic rings. The second-order valence-corrected chi connectivity index (χ2v) is 4.89. The van der Waals surface area contributed by atoms with E-state index in [0.717, 1.165) is 16.8 Å². The molecule has 0 fully saturated rings. The molecule has 0 aliphatic heterocycles. The molecular formula is C17H21NO3. The van der Waals surface area contributed by atoms with Crippen molar-refractivity contribution in [2.24, 2.45) is 0 Å². The number of para-hydroxylation sites is 1. The molecule has 0 heterocycles. The lowest BCUT2D eigenvalue weighted by Crippen LogP contribution is -2.09. The number of phenolic OH excluding ortho intramolecular Hbond substituents is 1. The number of phenols is 1. The number of anilines is 1. The largest absolute Gasteiger partial charge is 0.504 e. The van der Waals surface area contributed by atoms with Gasteiger partial charge in [-0.05, 0) is 30.7 Å². The van der Waals surface area contributed by atoms with Crippen LogP contribution in [0.1, 0.15) is 24.1 Å². The van der Waals surface area contributed by atoms with E-state index in [9.17, 15) is 5.11 Å². The lowest BCUT2D eigenvalue weighted by atomic mass is 10.1. The second-order valence-electron chi connectivity index (χ2n) is 4.89. The van der Waals surface area contributed by atoms with Gasteiger partial charge in [0.05, 0.1) is 13.7 Å². The van der Waals surface area contributed by atoms with Crippen molar-refractivity contribution in [2.45, 2.75) is 19.6 Å². The van der Waals surface area contributed by atoms with Crippen LogP contribution < -0.4 is 10.1 Å². The van der Waals surface area contributed by atoms with Gasteiger partial charge in [-0.1, -0.05) is 24.3 Å². The Labute approximate surface area is 125 Å². The molecule has 0 aromatic heterocycles. The van der Waals surface area contributed by atoms with Gasteiger partial charge in [-0.3, -0.25) is 0 Å². The van der Waals surface area contributed by atoms with E-state index in [4.69, 9.17) is 9.47 Å². The highest BCUT2D eigenvalue weighted by molar-refractivity contribution is 5.53. The van der Waals surface area contributed by atoms with Crippen LogP contribution in [0.15, 0.2) is 42.5 Å². The highest BCUT2D eigenvalue weighted by atomic mass is 16.5. The molecule has 2 aromatic rings. The molecule has 2 aromatic carbocycles. The average Bonchev–Trinajstić information content (AvgIpc) is 2.50. The fourth-order valence-electron chi connectivity index (χ4n) is 2.22. The molecule has 0 amide bonds. The van der Waals surface area contributed by atoms with Crippen molar-refractivity contribution in [1.29, 1.82) is 0 Å². The molecule has 2 rings (SSSR count). The molecule has 1 unspecified atom stereocenters. The van der Waals surface area contributed by atoms with Crippen molar-refractivity contribution in [1.82, 2.24) is 0 Å². The van der Waals surface area contributed by atoms with Crippen LogP contribution in [0.4, 0.5) is 5.69 Å². The zero-order valence-corrected chi connectivity index (χ0v) is 12.6. The van der Waals surface area contributed by atoms with Gasteiger partial charge < -0.3 is 19.9 Å². The molecule has 2 N–H and O–H groups in total. The van der Waals surface area contributed by atoms with Crippen molar-refractivity contribution < 1.29 is 14.6 Å². The Morgan fingerprint density at radius 1 is 1.14 bits per heavy atom. The normalized spacial score (nSPS) is 12.0. The van der Waals surface area contributed by atoms with Crippen LogP contribution in [0, 0.1) is 0 Å². The van der Waals surface area contributed by atoms with Crippen molar-refractivity contribution >= 4 is 5.69 Å². The number of rotatable bonds is 6. The third-order valence-corrected chi connectivity index (χ3v) is 3.39. The summed E-state index contributed by atoms with van der Waals surface area (Å²) in [6.07, 6.45) is 0. The molecule has 0 spiro atoms. The fourth-order valence-corrected chi connectivity index (χ4v) is 2.22. The molecule has 0 saturated heterocycles. The highest BCUT2D eigenvalue weighted by Gasteiger charge is 2.11. The SMILES string of the molecule is COCc1ccccc1NC(C)c1ccc(O)c(OC)c1. The molecule has 0 aliphatic carbocycles. The average molecular weight is 287 g/mol. The van der Waals surface area contributed by atoms with Crippen LogP contribution in [-0.2, 0) is 11.3 Å². The van der Waals surface area contributed by atoms with E-state index >= 15 is 0 Å². The summed E-state index contributed by atoms with van der Waals surface area (Å²) in [5.74, 6) is 0.625. The molecule has 4 nitrogen and oxygen atoms in total. The third-order valence-electron chi connectivity index (χ3n) is 3.39. The minimum absolute atomic E-state index is 0.0810. The maximum absolute atomic E-state index is 9.66. The first-order chi connectivity index (χ1) is 10.2. The van der Waals surface area contributed by atoms with Gasteiger partial charge in [0.2, 0.25) is 0 Å². The lowest BCUT2D eigenvalue weighted by Gasteiger charge is -2.19. The molecular weight excluding hydrogens is 266 g/mol. The number of ether oxygens (including phenoxy) is 2. The van der Waals surface area contributed by atoms with Gasteiger partial charge in [0.15, 0.2) is 11.5 Å². The maximum atomic E-state index is 9.66. The van der Waals surface area contributed by atoms with Crippen LogP contribution in [0.5, 0.6) is 11.5 Å². The molecule has 21 heavy (non-hydrogen) atoms. The molecule has 0 bridgehead atoms. The van der Waals surface area contributed by atoms with E-state index in [1.165, 1.54) is 0 Å². The van der Waals surface area contributed by atoms with Gasteiger partial charge >= 0.3 is 0 Å². The van der Waals surface area contributed by atoms with E-state index in [2.05, 4.69) is 12.2 Å². The quantitative estimate of drug-likeness (QED) is 0.850. The summed E-state index contributed by atoms with van der Waals surface area (Å²) in [5.41, 5.74) is 3.19. The number of aromatic hydroxyl groups is 1. The van der Waals surface area contributed by atoms with Gasteiger partial charge in [0.1, 0.15) is 0 Å².